The first-order chi connectivity index (χ1) is 9.94. The number of nitrogens with zero attached hydrogens (tertiary/aromatic N) is 4. The number of ether oxygens (including phenoxy) is 1. The fraction of sp³-hybridized carbons (Fsp3) is 0.500. The molecule has 0 bridgehead atoms. The molecule has 0 saturated carbocycles. The average Bonchev–Trinajstić information content (AvgIpc) is 3.02. The van der Waals surface area contributed by atoms with Crippen LogP contribution in [-0.2, 0) is 9.26 Å². The van der Waals surface area contributed by atoms with Gasteiger partial charge >= 0.3 is 7.15 Å². The smallest absolute Gasteiger partial charge is 0.382 e. The van der Waals surface area contributed by atoms with E-state index in [4.69, 9.17) is 24.8 Å². The van der Waals surface area contributed by atoms with Crippen LogP contribution < -0.4 is 5.73 Å². The monoisotopic (exact) mass is 332 g/mol. The van der Waals surface area contributed by atoms with Crippen molar-refractivity contribution in [3.05, 3.63) is 12.7 Å². The molecule has 1 fully saturated rings. The number of nitrogens with two attached hydrogens (primary N) is 1. The van der Waals surface area contributed by atoms with E-state index in [1.807, 2.05) is 0 Å². The van der Waals surface area contributed by atoms with Crippen LogP contribution in [-0.4, -0.2) is 42.0 Å². The van der Waals surface area contributed by atoms with Crippen molar-refractivity contribution in [2.24, 2.45) is 0 Å². The van der Waals surface area contributed by atoms with Crippen molar-refractivity contribution in [3.8, 4) is 0 Å². The summed E-state index contributed by atoms with van der Waals surface area (Å²) in [5.41, 5.74) is 6.88. The van der Waals surface area contributed by atoms with E-state index in [1.165, 1.54) is 6.33 Å². The first-order valence-corrected chi connectivity index (χ1v) is 9.01. The second-order valence-corrected chi connectivity index (χ2v) is 7.53. The highest BCUT2D eigenvalue weighted by Crippen LogP contribution is 2.56. The number of thiol groups is 1. The van der Waals surface area contributed by atoms with E-state index in [0.717, 1.165) is 12.8 Å². The molecule has 0 aliphatic carbocycles. The van der Waals surface area contributed by atoms with Gasteiger partial charge in [-0.05, 0) is 12.8 Å². The summed E-state index contributed by atoms with van der Waals surface area (Å²) in [5, 5.41) is 0. The van der Waals surface area contributed by atoms with E-state index in [-0.39, 0.29) is 18.9 Å². The number of rotatable bonds is 4. The van der Waals surface area contributed by atoms with Gasteiger partial charge in [0.05, 0.1) is 24.7 Å². The van der Waals surface area contributed by atoms with Crippen LogP contribution in [0.2, 0.25) is 0 Å². The number of aromatic nitrogens is 4. The molecule has 1 aliphatic heterocycles. The van der Waals surface area contributed by atoms with Crippen LogP contribution in [0, 0.1) is 0 Å². The van der Waals surface area contributed by atoms with Gasteiger partial charge in [-0.2, -0.15) is 14.3 Å². The molecule has 0 radical (unpaired) electrons. The topological polar surface area (TPSA) is 129 Å². The predicted octanol–water partition coefficient (Wildman–Crippen LogP) is 0.695. The molecule has 2 atom stereocenters. The van der Waals surface area contributed by atoms with E-state index < -0.39 is 7.15 Å². The largest absolute Gasteiger partial charge is 0.472 e. The molecule has 114 valence electrons. The minimum absolute atomic E-state index is 0.0739. The van der Waals surface area contributed by atoms with Crippen LogP contribution in [0.3, 0.4) is 0 Å². The Kier molecular flexibility index (Phi) is 4.00. The maximum atomic E-state index is 9.11. The first-order valence-electron chi connectivity index (χ1n) is 6.24. The molecule has 1 aliphatic rings. The normalized spacial score (nSPS) is 23.0. The summed E-state index contributed by atoms with van der Waals surface area (Å²) in [7, 11) is -3.54. The Labute approximate surface area is 125 Å². The van der Waals surface area contributed by atoms with E-state index >= 15 is 0 Å². The van der Waals surface area contributed by atoms with E-state index in [2.05, 4.69) is 27.2 Å². The lowest BCUT2D eigenvalue weighted by Gasteiger charge is -2.14. The molecule has 2 aromatic rings. The van der Waals surface area contributed by atoms with Gasteiger partial charge in [-0.15, -0.1) is 0 Å². The van der Waals surface area contributed by atoms with Crippen LogP contribution >= 0.6 is 19.4 Å². The average molecular weight is 332 g/mol. The third-order valence-corrected chi connectivity index (χ3v) is 4.06. The molecule has 9 nitrogen and oxygen atoms in total. The summed E-state index contributed by atoms with van der Waals surface area (Å²) in [6.45, 7) is 0.0739. The number of anilines is 1. The molecule has 2 aromatic heterocycles. The van der Waals surface area contributed by atoms with Crippen LogP contribution in [0.4, 0.5) is 5.82 Å². The van der Waals surface area contributed by atoms with Crippen LogP contribution in [0.25, 0.3) is 11.2 Å². The molecule has 0 aromatic carbocycles. The molecular weight excluding hydrogens is 317 g/mol. The highest BCUT2D eigenvalue weighted by molar-refractivity contribution is 8.47. The quantitative estimate of drug-likeness (QED) is 0.476. The zero-order valence-corrected chi connectivity index (χ0v) is 12.7. The SMILES string of the molecule is Nc1ncnc2c1ncn2[C@H]1CC[C@@H](CO[P+](O)(O)S)O1. The summed E-state index contributed by atoms with van der Waals surface area (Å²) in [4.78, 5) is 30.5. The van der Waals surface area contributed by atoms with Crippen molar-refractivity contribution in [1.29, 1.82) is 0 Å². The van der Waals surface area contributed by atoms with Crippen LogP contribution in [0.15, 0.2) is 12.7 Å². The minimum Gasteiger partial charge on any atom is -0.382 e. The summed E-state index contributed by atoms with van der Waals surface area (Å²) in [6, 6.07) is 0. The van der Waals surface area contributed by atoms with E-state index in [1.54, 1.807) is 10.9 Å². The van der Waals surface area contributed by atoms with E-state index in [0.29, 0.717) is 17.0 Å². The molecular formula is C10H15N5O4PS+. The van der Waals surface area contributed by atoms with Gasteiger partial charge in [-0.1, -0.05) is 0 Å². The Morgan fingerprint density at radius 1 is 1.43 bits per heavy atom. The summed E-state index contributed by atoms with van der Waals surface area (Å²) < 4.78 is 12.5. The van der Waals surface area contributed by atoms with E-state index in [9.17, 15) is 0 Å². The van der Waals surface area contributed by atoms with Crippen molar-refractivity contribution in [3.63, 3.8) is 0 Å². The van der Waals surface area contributed by atoms with Crippen LogP contribution in [0.1, 0.15) is 19.1 Å². The molecule has 0 unspecified atom stereocenters. The number of hydrogen-bond acceptors (Lipinski definition) is 9. The second-order valence-electron chi connectivity index (χ2n) is 4.68. The lowest BCUT2D eigenvalue weighted by Crippen LogP contribution is -2.16. The highest BCUT2D eigenvalue weighted by Gasteiger charge is 2.35. The van der Waals surface area contributed by atoms with Crippen molar-refractivity contribution < 1.29 is 19.0 Å². The fourth-order valence-corrected chi connectivity index (χ4v) is 2.84. The van der Waals surface area contributed by atoms with Gasteiger partial charge in [0.1, 0.15) is 24.7 Å². The van der Waals surface area contributed by atoms with Gasteiger partial charge in [0.25, 0.3) is 0 Å². The highest BCUT2D eigenvalue weighted by atomic mass is 32.7. The predicted molar refractivity (Wildman–Crippen MR) is 79.2 cm³/mol. The third kappa shape index (κ3) is 3.25. The lowest BCUT2D eigenvalue weighted by atomic mass is 10.2. The van der Waals surface area contributed by atoms with Gasteiger partial charge in [-0.3, -0.25) is 4.57 Å². The van der Waals surface area contributed by atoms with Crippen molar-refractivity contribution in [1.82, 2.24) is 19.5 Å². The fourth-order valence-electron chi connectivity index (χ4n) is 2.28. The Morgan fingerprint density at radius 3 is 3.00 bits per heavy atom. The minimum atomic E-state index is -3.54. The maximum absolute atomic E-state index is 9.11. The summed E-state index contributed by atoms with van der Waals surface area (Å²) >= 11 is 3.57. The third-order valence-electron chi connectivity index (χ3n) is 3.22. The Hall–Kier alpha value is -1.03. The lowest BCUT2D eigenvalue weighted by molar-refractivity contribution is -0.0180. The molecule has 4 N–H and O–H groups in total. The maximum Gasteiger partial charge on any atom is 0.472 e. The Bertz CT molecular complexity index is 648. The first kappa shape index (κ1) is 14.9. The Balaban J connectivity index is 1.72. The van der Waals surface area contributed by atoms with Gasteiger partial charge in [0.15, 0.2) is 11.5 Å². The molecule has 3 rings (SSSR count). The van der Waals surface area contributed by atoms with Crippen molar-refractivity contribution in [2.45, 2.75) is 25.2 Å². The Morgan fingerprint density at radius 2 is 2.24 bits per heavy atom. The van der Waals surface area contributed by atoms with Gasteiger partial charge in [0, 0.05) is 0 Å². The zero-order chi connectivity index (χ0) is 15.0. The van der Waals surface area contributed by atoms with Gasteiger partial charge in [0.2, 0.25) is 0 Å². The summed E-state index contributed by atoms with van der Waals surface area (Å²) in [5.74, 6) is 0.321. The number of imidazole rings is 1. The standard InChI is InChI=1S/C10H15N5O4PS/c11-9-8-10(13-4-12-9)15(5-14-8)7-2-1-6(19-7)3-18-20(16,17)21/h4-7,16-17,21H,1-3H2,(H2,11,12,13)/q+1/t6-,7+/m0/s1. The van der Waals surface area contributed by atoms with Gasteiger partial charge < -0.3 is 10.5 Å². The molecule has 3 heterocycles. The number of hydrogen-bond donors (Lipinski definition) is 4. The zero-order valence-electron chi connectivity index (χ0n) is 10.9. The molecule has 0 amide bonds. The molecule has 11 heteroatoms. The number of fused-ring (bicyclic) bond motifs is 1. The second kappa shape index (κ2) is 5.64. The van der Waals surface area contributed by atoms with Crippen molar-refractivity contribution in [2.75, 3.05) is 12.3 Å². The number of nitrogen functional groups attached to an aromatic ring is 1. The summed E-state index contributed by atoms with van der Waals surface area (Å²) in [6.07, 6.45) is 3.96. The molecule has 21 heavy (non-hydrogen) atoms. The molecule has 1 saturated heterocycles. The van der Waals surface area contributed by atoms with Crippen LogP contribution in [0.5, 0.6) is 0 Å². The molecule has 0 spiro atoms. The van der Waals surface area contributed by atoms with Gasteiger partial charge in [-0.25, -0.2) is 15.0 Å². The van der Waals surface area contributed by atoms with Crippen molar-refractivity contribution >= 4 is 36.4 Å².